The SMILES string of the molecule is CCNCC(=O)c1c[nH]c2ccc(CC)cc12. The number of fused-ring (bicyclic) bond motifs is 1. The number of benzene rings is 1. The van der Waals surface area contributed by atoms with Crippen molar-refractivity contribution < 1.29 is 4.79 Å². The minimum atomic E-state index is 0.145. The molecular formula is C14H18N2O. The molecule has 0 aliphatic carbocycles. The molecule has 1 aromatic heterocycles. The van der Waals surface area contributed by atoms with Gasteiger partial charge in [0.2, 0.25) is 0 Å². The summed E-state index contributed by atoms with van der Waals surface area (Å²) in [5.41, 5.74) is 3.08. The lowest BCUT2D eigenvalue weighted by atomic mass is 10.1. The van der Waals surface area contributed by atoms with Gasteiger partial charge >= 0.3 is 0 Å². The van der Waals surface area contributed by atoms with Gasteiger partial charge in [-0.05, 0) is 30.7 Å². The van der Waals surface area contributed by atoms with E-state index in [0.29, 0.717) is 6.54 Å². The Kier molecular flexibility index (Phi) is 3.59. The molecule has 0 amide bonds. The molecular weight excluding hydrogens is 212 g/mol. The zero-order valence-electron chi connectivity index (χ0n) is 10.3. The molecule has 2 aromatic rings. The molecule has 0 spiro atoms. The summed E-state index contributed by atoms with van der Waals surface area (Å²) in [5, 5.41) is 4.10. The molecule has 1 heterocycles. The Morgan fingerprint density at radius 3 is 2.88 bits per heavy atom. The van der Waals surface area contributed by atoms with Crippen molar-refractivity contribution in [1.29, 1.82) is 0 Å². The summed E-state index contributed by atoms with van der Waals surface area (Å²) in [6, 6.07) is 6.24. The zero-order chi connectivity index (χ0) is 12.3. The molecule has 17 heavy (non-hydrogen) atoms. The van der Waals surface area contributed by atoms with Gasteiger partial charge in [0, 0.05) is 22.7 Å². The Balaban J connectivity index is 2.36. The molecule has 0 saturated carbocycles. The molecule has 90 valence electrons. The Bertz CT molecular complexity index is 528. The van der Waals surface area contributed by atoms with Gasteiger partial charge in [0.25, 0.3) is 0 Å². The van der Waals surface area contributed by atoms with Crippen LogP contribution >= 0.6 is 0 Å². The lowest BCUT2D eigenvalue weighted by Gasteiger charge is -2.01. The first-order valence-corrected chi connectivity index (χ1v) is 6.10. The molecule has 0 atom stereocenters. The number of hydrogen-bond donors (Lipinski definition) is 2. The summed E-state index contributed by atoms with van der Waals surface area (Å²) in [4.78, 5) is 15.1. The van der Waals surface area contributed by atoms with Crippen LogP contribution in [0.1, 0.15) is 29.8 Å². The smallest absolute Gasteiger partial charge is 0.178 e. The van der Waals surface area contributed by atoms with Gasteiger partial charge in [0.1, 0.15) is 0 Å². The summed E-state index contributed by atoms with van der Waals surface area (Å²) in [6.07, 6.45) is 2.80. The highest BCUT2D eigenvalue weighted by Crippen LogP contribution is 2.20. The molecule has 0 saturated heterocycles. The van der Waals surface area contributed by atoms with Gasteiger partial charge in [-0.2, -0.15) is 0 Å². The molecule has 0 unspecified atom stereocenters. The predicted molar refractivity (Wildman–Crippen MR) is 70.6 cm³/mol. The molecule has 0 aliphatic rings. The van der Waals surface area contributed by atoms with Crippen molar-refractivity contribution in [3.05, 3.63) is 35.5 Å². The first kappa shape index (κ1) is 11.9. The largest absolute Gasteiger partial charge is 0.360 e. The van der Waals surface area contributed by atoms with Crippen molar-refractivity contribution >= 4 is 16.7 Å². The average Bonchev–Trinajstić information content (AvgIpc) is 2.78. The van der Waals surface area contributed by atoms with Gasteiger partial charge in [-0.25, -0.2) is 0 Å². The number of Topliss-reactive ketones (excluding diaryl/α,β-unsaturated/α-hetero) is 1. The van der Waals surface area contributed by atoms with E-state index in [1.165, 1.54) is 5.56 Å². The van der Waals surface area contributed by atoms with E-state index in [2.05, 4.69) is 29.4 Å². The summed E-state index contributed by atoms with van der Waals surface area (Å²) < 4.78 is 0. The monoisotopic (exact) mass is 230 g/mol. The van der Waals surface area contributed by atoms with Crippen LogP contribution in [-0.2, 0) is 6.42 Å². The second kappa shape index (κ2) is 5.15. The third-order valence-corrected chi connectivity index (χ3v) is 2.99. The number of rotatable bonds is 5. The lowest BCUT2D eigenvalue weighted by molar-refractivity contribution is 0.0993. The van der Waals surface area contributed by atoms with Crippen LogP contribution in [0.15, 0.2) is 24.4 Å². The van der Waals surface area contributed by atoms with Gasteiger partial charge in [-0.3, -0.25) is 4.79 Å². The Morgan fingerprint density at radius 2 is 2.18 bits per heavy atom. The topological polar surface area (TPSA) is 44.9 Å². The van der Waals surface area contributed by atoms with E-state index in [9.17, 15) is 4.79 Å². The summed E-state index contributed by atoms with van der Waals surface area (Å²) in [5.74, 6) is 0.145. The fourth-order valence-corrected chi connectivity index (χ4v) is 1.95. The van der Waals surface area contributed by atoms with Gasteiger partial charge in [0.15, 0.2) is 5.78 Å². The van der Waals surface area contributed by atoms with Crippen LogP contribution < -0.4 is 5.32 Å². The van der Waals surface area contributed by atoms with Crippen molar-refractivity contribution in [2.45, 2.75) is 20.3 Å². The number of aryl methyl sites for hydroxylation is 1. The first-order valence-electron chi connectivity index (χ1n) is 6.10. The number of H-pyrrole nitrogens is 1. The van der Waals surface area contributed by atoms with Crippen LogP contribution in [0.25, 0.3) is 10.9 Å². The Labute approximate surface area is 101 Å². The van der Waals surface area contributed by atoms with Gasteiger partial charge in [-0.15, -0.1) is 0 Å². The first-order chi connectivity index (χ1) is 8.26. The van der Waals surface area contributed by atoms with Crippen LogP contribution in [0.4, 0.5) is 0 Å². The molecule has 3 nitrogen and oxygen atoms in total. The van der Waals surface area contributed by atoms with Crippen LogP contribution in [0, 0.1) is 0 Å². The third kappa shape index (κ3) is 2.39. The number of likely N-dealkylation sites (N-methyl/N-ethyl adjacent to an activating group) is 1. The second-order valence-corrected chi connectivity index (χ2v) is 4.14. The average molecular weight is 230 g/mol. The standard InChI is InChI=1S/C14H18N2O/c1-3-10-5-6-13-11(7-10)12(8-16-13)14(17)9-15-4-2/h5-8,15-16H,3-4,9H2,1-2H3. The highest BCUT2D eigenvalue weighted by atomic mass is 16.1. The number of hydrogen-bond acceptors (Lipinski definition) is 2. The van der Waals surface area contributed by atoms with E-state index in [-0.39, 0.29) is 5.78 Å². The van der Waals surface area contributed by atoms with Crippen molar-refractivity contribution in [1.82, 2.24) is 10.3 Å². The van der Waals surface area contributed by atoms with Crippen LogP contribution in [0.2, 0.25) is 0 Å². The van der Waals surface area contributed by atoms with Crippen LogP contribution in [0.3, 0.4) is 0 Å². The molecule has 0 bridgehead atoms. The molecule has 2 N–H and O–H groups in total. The Morgan fingerprint density at radius 1 is 1.35 bits per heavy atom. The van der Waals surface area contributed by atoms with E-state index < -0.39 is 0 Å². The lowest BCUT2D eigenvalue weighted by Crippen LogP contribution is -2.22. The quantitative estimate of drug-likeness (QED) is 0.775. The Hall–Kier alpha value is -1.61. The number of carbonyl (C=O) groups excluding carboxylic acids is 1. The zero-order valence-corrected chi connectivity index (χ0v) is 10.3. The highest BCUT2D eigenvalue weighted by Gasteiger charge is 2.11. The van der Waals surface area contributed by atoms with E-state index in [1.807, 2.05) is 19.2 Å². The normalized spacial score (nSPS) is 10.9. The molecule has 0 aliphatic heterocycles. The van der Waals surface area contributed by atoms with Gasteiger partial charge < -0.3 is 10.3 Å². The number of ketones is 1. The second-order valence-electron chi connectivity index (χ2n) is 4.14. The number of aromatic amines is 1. The minimum absolute atomic E-state index is 0.145. The van der Waals surface area contributed by atoms with Gasteiger partial charge in [0.05, 0.1) is 6.54 Å². The number of nitrogens with one attached hydrogen (secondary N) is 2. The van der Waals surface area contributed by atoms with Gasteiger partial charge in [-0.1, -0.05) is 19.9 Å². The number of carbonyl (C=O) groups is 1. The van der Waals surface area contributed by atoms with Crippen molar-refractivity contribution in [2.24, 2.45) is 0 Å². The fraction of sp³-hybridized carbons (Fsp3) is 0.357. The van der Waals surface area contributed by atoms with Crippen molar-refractivity contribution in [3.8, 4) is 0 Å². The maximum Gasteiger partial charge on any atom is 0.178 e. The highest BCUT2D eigenvalue weighted by molar-refractivity contribution is 6.08. The molecule has 1 aromatic carbocycles. The maximum atomic E-state index is 12.0. The van der Waals surface area contributed by atoms with E-state index in [4.69, 9.17) is 0 Å². The fourth-order valence-electron chi connectivity index (χ4n) is 1.95. The third-order valence-electron chi connectivity index (χ3n) is 2.99. The summed E-state index contributed by atoms with van der Waals surface area (Å²) in [7, 11) is 0. The molecule has 0 fully saturated rings. The van der Waals surface area contributed by atoms with Crippen LogP contribution in [-0.4, -0.2) is 23.9 Å². The molecule has 3 heteroatoms. The summed E-state index contributed by atoms with van der Waals surface area (Å²) in [6.45, 7) is 5.33. The van der Waals surface area contributed by atoms with Crippen LogP contribution in [0.5, 0.6) is 0 Å². The maximum absolute atomic E-state index is 12.0. The van der Waals surface area contributed by atoms with Crippen molar-refractivity contribution in [2.75, 3.05) is 13.1 Å². The minimum Gasteiger partial charge on any atom is -0.360 e. The molecule has 2 rings (SSSR count). The summed E-state index contributed by atoms with van der Waals surface area (Å²) >= 11 is 0. The van der Waals surface area contributed by atoms with E-state index >= 15 is 0 Å². The van der Waals surface area contributed by atoms with E-state index in [1.54, 1.807) is 0 Å². The van der Waals surface area contributed by atoms with E-state index in [0.717, 1.165) is 29.4 Å². The predicted octanol–water partition coefficient (Wildman–Crippen LogP) is 2.52. The molecule has 0 radical (unpaired) electrons. The van der Waals surface area contributed by atoms with Crippen molar-refractivity contribution in [3.63, 3.8) is 0 Å². The number of aromatic nitrogens is 1.